The van der Waals surface area contributed by atoms with Gasteiger partial charge in [-0.05, 0) is 51.4 Å². The van der Waals surface area contributed by atoms with Gasteiger partial charge in [-0.25, -0.2) is 9.67 Å². The van der Waals surface area contributed by atoms with Gasteiger partial charge in [0.05, 0.1) is 40.5 Å². The first-order chi connectivity index (χ1) is 15.0. The van der Waals surface area contributed by atoms with Crippen molar-refractivity contribution in [1.29, 1.82) is 0 Å². The molecule has 0 spiro atoms. The maximum absolute atomic E-state index is 13.6. The lowest BCUT2D eigenvalue weighted by molar-refractivity contribution is 0.0984. The van der Waals surface area contributed by atoms with E-state index in [1.165, 1.54) is 11.3 Å². The van der Waals surface area contributed by atoms with Crippen molar-refractivity contribution < 1.29 is 9.53 Å². The Labute approximate surface area is 185 Å². The van der Waals surface area contributed by atoms with Crippen LogP contribution in [0.1, 0.15) is 16.1 Å². The Balaban J connectivity index is 1.71. The van der Waals surface area contributed by atoms with Crippen LogP contribution in [0.25, 0.3) is 15.9 Å². The quantitative estimate of drug-likeness (QED) is 0.439. The molecule has 0 atom stereocenters. The van der Waals surface area contributed by atoms with Crippen LogP contribution in [0, 0.1) is 6.92 Å². The Morgan fingerprint density at radius 1 is 1.13 bits per heavy atom. The first-order valence-corrected chi connectivity index (χ1v) is 10.8. The molecule has 0 radical (unpaired) electrons. The average molecular weight is 436 g/mol. The first-order valence-electron chi connectivity index (χ1n) is 9.99. The Bertz CT molecular complexity index is 1200. The lowest BCUT2D eigenvalue weighted by Crippen LogP contribution is -2.37. The number of aromatic nitrogens is 3. The molecular weight excluding hydrogens is 410 g/mol. The van der Waals surface area contributed by atoms with E-state index in [1.54, 1.807) is 22.9 Å². The molecule has 0 aliphatic heterocycles. The van der Waals surface area contributed by atoms with E-state index < -0.39 is 0 Å². The van der Waals surface area contributed by atoms with Crippen LogP contribution in [-0.4, -0.2) is 59.9 Å². The number of methoxy groups -OCH3 is 1. The van der Waals surface area contributed by atoms with Gasteiger partial charge in [0.2, 0.25) is 0 Å². The maximum atomic E-state index is 13.6. The SMILES string of the molecule is COc1ccc2nc(N(CCN(C)C)C(=O)c3cnn(-c4ccccc4)c3C)sc2c1. The van der Waals surface area contributed by atoms with Crippen LogP contribution in [0.15, 0.2) is 54.7 Å². The highest BCUT2D eigenvalue weighted by Crippen LogP contribution is 2.32. The molecule has 8 heteroatoms. The lowest BCUT2D eigenvalue weighted by atomic mass is 10.2. The first kappa shape index (κ1) is 21.0. The summed E-state index contributed by atoms with van der Waals surface area (Å²) >= 11 is 1.49. The van der Waals surface area contributed by atoms with Crippen molar-refractivity contribution in [1.82, 2.24) is 19.7 Å². The van der Waals surface area contributed by atoms with E-state index in [2.05, 4.69) is 10.00 Å². The second-order valence-electron chi connectivity index (χ2n) is 7.48. The fraction of sp³-hybridized carbons (Fsp3) is 0.261. The van der Waals surface area contributed by atoms with Crippen molar-refractivity contribution in [2.45, 2.75) is 6.92 Å². The van der Waals surface area contributed by atoms with Crippen LogP contribution in [0.3, 0.4) is 0 Å². The van der Waals surface area contributed by atoms with E-state index in [4.69, 9.17) is 9.72 Å². The number of ether oxygens (including phenoxy) is 1. The Kier molecular flexibility index (Phi) is 6.01. The summed E-state index contributed by atoms with van der Waals surface area (Å²) in [4.78, 5) is 22.1. The summed E-state index contributed by atoms with van der Waals surface area (Å²) in [5, 5.41) is 5.14. The molecule has 0 saturated heterocycles. The largest absolute Gasteiger partial charge is 0.497 e. The Morgan fingerprint density at radius 2 is 1.90 bits per heavy atom. The predicted octanol–water partition coefficient (Wildman–Crippen LogP) is 4.01. The number of likely N-dealkylation sites (N-methyl/N-ethyl adjacent to an activating group) is 1. The molecule has 0 unspecified atom stereocenters. The molecule has 0 N–H and O–H groups in total. The second-order valence-corrected chi connectivity index (χ2v) is 8.49. The van der Waals surface area contributed by atoms with Gasteiger partial charge in [-0.2, -0.15) is 5.10 Å². The van der Waals surface area contributed by atoms with Crippen LogP contribution in [0.4, 0.5) is 5.13 Å². The lowest BCUT2D eigenvalue weighted by Gasteiger charge is -2.21. The van der Waals surface area contributed by atoms with Crippen molar-refractivity contribution in [2.24, 2.45) is 0 Å². The number of fused-ring (bicyclic) bond motifs is 1. The smallest absolute Gasteiger partial charge is 0.263 e. The normalized spacial score (nSPS) is 11.3. The highest BCUT2D eigenvalue weighted by Gasteiger charge is 2.25. The molecule has 0 fully saturated rings. The van der Waals surface area contributed by atoms with E-state index in [-0.39, 0.29) is 5.91 Å². The number of carbonyl (C=O) groups excluding carboxylic acids is 1. The number of nitrogens with zero attached hydrogens (tertiary/aromatic N) is 5. The predicted molar refractivity (Wildman–Crippen MR) is 125 cm³/mol. The number of rotatable bonds is 7. The topological polar surface area (TPSA) is 63.5 Å². The van der Waals surface area contributed by atoms with Crippen LogP contribution >= 0.6 is 11.3 Å². The number of thiazole rings is 1. The minimum atomic E-state index is -0.104. The van der Waals surface area contributed by atoms with Crippen molar-refractivity contribution in [3.63, 3.8) is 0 Å². The van der Waals surface area contributed by atoms with E-state index >= 15 is 0 Å². The van der Waals surface area contributed by atoms with Gasteiger partial charge < -0.3 is 9.64 Å². The number of benzene rings is 2. The number of anilines is 1. The third kappa shape index (κ3) is 4.30. The molecule has 4 rings (SSSR count). The van der Waals surface area contributed by atoms with Gasteiger partial charge in [-0.3, -0.25) is 9.69 Å². The van der Waals surface area contributed by atoms with Crippen LogP contribution in [0.2, 0.25) is 0 Å². The molecule has 4 aromatic rings. The van der Waals surface area contributed by atoms with Crippen molar-refractivity contribution in [3.05, 3.63) is 66.0 Å². The summed E-state index contributed by atoms with van der Waals surface area (Å²) < 4.78 is 8.10. The molecule has 0 saturated carbocycles. The van der Waals surface area contributed by atoms with Gasteiger partial charge >= 0.3 is 0 Å². The van der Waals surface area contributed by atoms with E-state index in [9.17, 15) is 4.79 Å². The average Bonchev–Trinajstić information content (AvgIpc) is 3.36. The number of carbonyl (C=O) groups is 1. The number of hydrogen-bond donors (Lipinski definition) is 0. The monoisotopic (exact) mass is 435 g/mol. The maximum Gasteiger partial charge on any atom is 0.263 e. The molecule has 1 amide bonds. The zero-order valence-corrected chi connectivity index (χ0v) is 18.9. The number of hydrogen-bond acceptors (Lipinski definition) is 6. The Hall–Kier alpha value is -3.23. The van der Waals surface area contributed by atoms with Crippen LogP contribution in [0.5, 0.6) is 5.75 Å². The van der Waals surface area contributed by atoms with Gasteiger partial charge in [-0.15, -0.1) is 0 Å². The summed E-state index contributed by atoms with van der Waals surface area (Å²) in [5.74, 6) is 0.668. The van der Waals surface area contributed by atoms with Crippen LogP contribution in [-0.2, 0) is 0 Å². The van der Waals surface area contributed by atoms with E-state index in [1.807, 2.05) is 69.6 Å². The second kappa shape index (κ2) is 8.87. The minimum absolute atomic E-state index is 0.104. The standard InChI is InChI=1S/C23H25N5O2S/c1-16-19(15-24-28(16)17-8-6-5-7-9-17)22(29)27(13-12-26(2)3)23-25-20-11-10-18(30-4)14-21(20)31-23/h5-11,14-15H,12-13H2,1-4H3. The number of amides is 1. The third-order valence-electron chi connectivity index (χ3n) is 5.07. The van der Waals surface area contributed by atoms with E-state index in [0.717, 1.165) is 33.9 Å². The molecule has 0 aliphatic carbocycles. The molecule has 0 bridgehead atoms. The molecule has 2 heterocycles. The van der Waals surface area contributed by atoms with Crippen molar-refractivity contribution in [3.8, 4) is 11.4 Å². The van der Waals surface area contributed by atoms with Crippen LogP contribution < -0.4 is 9.64 Å². The Morgan fingerprint density at radius 3 is 2.61 bits per heavy atom. The minimum Gasteiger partial charge on any atom is -0.497 e. The zero-order valence-electron chi connectivity index (χ0n) is 18.1. The van der Waals surface area contributed by atoms with Gasteiger partial charge in [-0.1, -0.05) is 29.5 Å². The van der Waals surface area contributed by atoms with Gasteiger partial charge in [0.1, 0.15) is 5.75 Å². The summed E-state index contributed by atoms with van der Waals surface area (Å²) in [6.45, 7) is 3.16. The third-order valence-corrected chi connectivity index (χ3v) is 6.11. The van der Waals surface area contributed by atoms with Crippen molar-refractivity contribution >= 4 is 32.6 Å². The molecule has 2 aromatic carbocycles. The number of para-hydroxylation sites is 1. The fourth-order valence-electron chi connectivity index (χ4n) is 3.31. The summed E-state index contributed by atoms with van der Waals surface area (Å²) in [5.41, 5.74) is 3.14. The van der Waals surface area contributed by atoms with Gasteiger partial charge in [0.15, 0.2) is 5.13 Å². The molecule has 31 heavy (non-hydrogen) atoms. The van der Waals surface area contributed by atoms with Gasteiger partial charge in [0.25, 0.3) is 5.91 Å². The zero-order chi connectivity index (χ0) is 22.0. The molecule has 160 valence electrons. The molecule has 0 aliphatic rings. The highest BCUT2D eigenvalue weighted by atomic mass is 32.1. The van der Waals surface area contributed by atoms with Gasteiger partial charge in [0, 0.05) is 13.1 Å². The van der Waals surface area contributed by atoms with Crippen molar-refractivity contribution in [2.75, 3.05) is 39.2 Å². The van der Waals surface area contributed by atoms with E-state index in [0.29, 0.717) is 17.2 Å². The summed E-state index contributed by atoms with van der Waals surface area (Å²) in [6.07, 6.45) is 1.64. The summed E-state index contributed by atoms with van der Waals surface area (Å²) in [6, 6.07) is 15.6. The highest BCUT2D eigenvalue weighted by molar-refractivity contribution is 7.22. The molecular formula is C23H25N5O2S. The fourth-order valence-corrected chi connectivity index (χ4v) is 4.33. The summed E-state index contributed by atoms with van der Waals surface area (Å²) in [7, 11) is 5.62. The molecule has 7 nitrogen and oxygen atoms in total. The molecule has 2 aromatic heterocycles.